The van der Waals surface area contributed by atoms with Crippen LogP contribution in [0.1, 0.15) is 16.8 Å². The third-order valence-corrected chi connectivity index (χ3v) is 2.94. The molecular formula is C12H10ClF3N2O. The Kier molecular flexibility index (Phi) is 3.45. The highest BCUT2D eigenvalue weighted by atomic mass is 35.5. The van der Waals surface area contributed by atoms with E-state index in [0.717, 1.165) is 11.6 Å². The van der Waals surface area contributed by atoms with Crippen molar-refractivity contribution < 1.29 is 13.2 Å². The van der Waals surface area contributed by atoms with Gasteiger partial charge in [0.15, 0.2) is 0 Å². The number of nitrogens with zero attached hydrogens (tertiary/aromatic N) is 1. The molecule has 0 atom stereocenters. The molecule has 0 aliphatic heterocycles. The summed E-state index contributed by atoms with van der Waals surface area (Å²) in [4.78, 5) is 11.7. The summed E-state index contributed by atoms with van der Waals surface area (Å²) in [5, 5.41) is 2.56. The minimum Gasteiger partial charge on any atom is -0.291 e. The lowest BCUT2D eigenvalue weighted by atomic mass is 10.2. The highest BCUT2D eigenvalue weighted by Crippen LogP contribution is 2.28. The maximum atomic E-state index is 12.6. The number of benzene rings is 1. The molecule has 1 aromatic carbocycles. The van der Waals surface area contributed by atoms with Gasteiger partial charge in [-0.2, -0.15) is 13.2 Å². The van der Waals surface area contributed by atoms with Crippen LogP contribution in [-0.4, -0.2) is 9.78 Å². The molecule has 0 aliphatic rings. The maximum absolute atomic E-state index is 12.6. The molecule has 19 heavy (non-hydrogen) atoms. The van der Waals surface area contributed by atoms with E-state index in [-0.39, 0.29) is 12.1 Å². The molecule has 0 radical (unpaired) electrons. The Hall–Kier alpha value is -1.69. The third kappa shape index (κ3) is 2.84. The van der Waals surface area contributed by atoms with Crippen molar-refractivity contribution in [1.82, 2.24) is 9.78 Å². The first kappa shape index (κ1) is 13.7. The Balaban J connectivity index is 2.40. The normalized spacial score (nSPS) is 11.8. The van der Waals surface area contributed by atoms with E-state index >= 15 is 0 Å². The van der Waals surface area contributed by atoms with E-state index in [1.165, 1.54) is 0 Å². The van der Waals surface area contributed by atoms with Crippen molar-refractivity contribution in [2.75, 3.05) is 0 Å². The van der Waals surface area contributed by atoms with Crippen molar-refractivity contribution in [1.29, 1.82) is 0 Å². The van der Waals surface area contributed by atoms with Gasteiger partial charge in [0.2, 0.25) is 0 Å². The monoisotopic (exact) mass is 290 g/mol. The van der Waals surface area contributed by atoms with Crippen LogP contribution in [-0.2, 0) is 12.7 Å². The molecule has 3 nitrogen and oxygen atoms in total. The third-order valence-electron chi connectivity index (χ3n) is 2.70. The van der Waals surface area contributed by atoms with Crippen molar-refractivity contribution in [3.05, 3.63) is 56.5 Å². The Morgan fingerprint density at radius 3 is 2.58 bits per heavy atom. The van der Waals surface area contributed by atoms with E-state index in [4.69, 9.17) is 11.6 Å². The van der Waals surface area contributed by atoms with Crippen LogP contribution in [0.4, 0.5) is 13.2 Å². The largest absolute Gasteiger partial charge is 0.433 e. The lowest BCUT2D eigenvalue weighted by Crippen LogP contribution is -2.18. The number of hydrogen-bond donors (Lipinski definition) is 1. The summed E-state index contributed by atoms with van der Waals surface area (Å²) < 4.78 is 38.8. The molecular weight excluding hydrogens is 281 g/mol. The standard InChI is InChI=1S/C12H10ClF3N2O/c1-7-10(12(14,15)16)17-18(11(7)19)6-8-3-2-4-9(13)5-8/h2-5,17H,6H2,1H3. The molecule has 2 aromatic rings. The Bertz CT molecular complexity index is 658. The average molecular weight is 291 g/mol. The van der Waals surface area contributed by atoms with E-state index in [1.54, 1.807) is 24.3 Å². The fourth-order valence-corrected chi connectivity index (χ4v) is 2.00. The van der Waals surface area contributed by atoms with Crippen LogP contribution in [0.5, 0.6) is 0 Å². The molecule has 1 aromatic heterocycles. The lowest BCUT2D eigenvalue weighted by Gasteiger charge is -2.05. The number of aromatic amines is 1. The number of rotatable bonds is 2. The fourth-order valence-electron chi connectivity index (χ4n) is 1.78. The van der Waals surface area contributed by atoms with Crippen LogP contribution >= 0.6 is 11.6 Å². The predicted molar refractivity (Wildman–Crippen MR) is 65.3 cm³/mol. The van der Waals surface area contributed by atoms with E-state index in [9.17, 15) is 18.0 Å². The van der Waals surface area contributed by atoms with Gasteiger partial charge in [0, 0.05) is 10.6 Å². The minimum absolute atomic E-state index is 0.0102. The average Bonchev–Trinajstić information content (AvgIpc) is 2.57. The molecule has 2 rings (SSSR count). The first-order chi connectivity index (χ1) is 8.79. The number of hydrogen-bond acceptors (Lipinski definition) is 1. The van der Waals surface area contributed by atoms with E-state index in [1.807, 2.05) is 0 Å². The Morgan fingerprint density at radius 1 is 1.37 bits per heavy atom. The summed E-state index contributed by atoms with van der Waals surface area (Å²) in [6, 6.07) is 6.59. The van der Waals surface area contributed by atoms with Crippen LogP contribution in [0.2, 0.25) is 5.02 Å². The number of halogens is 4. The summed E-state index contributed by atoms with van der Waals surface area (Å²) in [5.41, 5.74) is -1.40. The van der Waals surface area contributed by atoms with E-state index in [0.29, 0.717) is 10.6 Å². The van der Waals surface area contributed by atoms with Gasteiger partial charge in [-0.3, -0.25) is 9.89 Å². The van der Waals surface area contributed by atoms with Crippen LogP contribution in [0, 0.1) is 6.92 Å². The zero-order valence-corrected chi connectivity index (χ0v) is 10.6. The molecule has 0 aliphatic carbocycles. The molecule has 1 heterocycles. The predicted octanol–water partition coefficient (Wildman–Crippen LogP) is 3.21. The fraction of sp³-hybridized carbons (Fsp3) is 0.250. The second-order valence-corrected chi connectivity index (χ2v) is 4.57. The number of H-pyrrole nitrogens is 1. The first-order valence-electron chi connectivity index (χ1n) is 5.40. The van der Waals surface area contributed by atoms with Crippen LogP contribution < -0.4 is 5.56 Å². The molecule has 0 unspecified atom stereocenters. The number of nitrogens with one attached hydrogen (secondary N) is 1. The summed E-state index contributed by atoms with van der Waals surface area (Å²) in [7, 11) is 0. The molecule has 0 saturated heterocycles. The summed E-state index contributed by atoms with van der Waals surface area (Å²) >= 11 is 5.78. The van der Waals surface area contributed by atoms with E-state index < -0.39 is 17.4 Å². The highest BCUT2D eigenvalue weighted by Gasteiger charge is 2.36. The second-order valence-electron chi connectivity index (χ2n) is 4.13. The second kappa shape index (κ2) is 4.77. The molecule has 0 amide bonds. The van der Waals surface area contributed by atoms with E-state index in [2.05, 4.69) is 5.10 Å². The van der Waals surface area contributed by atoms with Gasteiger partial charge in [0.1, 0.15) is 5.69 Å². The molecule has 0 saturated carbocycles. The van der Waals surface area contributed by atoms with Crippen molar-refractivity contribution in [3.63, 3.8) is 0 Å². The summed E-state index contributed by atoms with van der Waals surface area (Å²) in [5.74, 6) is 0. The molecule has 0 bridgehead atoms. The number of alkyl halides is 3. The Labute approximate surface area is 111 Å². The molecule has 102 valence electrons. The lowest BCUT2D eigenvalue weighted by molar-refractivity contribution is -0.141. The van der Waals surface area contributed by atoms with Crippen molar-refractivity contribution in [2.24, 2.45) is 0 Å². The molecule has 7 heteroatoms. The van der Waals surface area contributed by atoms with Gasteiger partial charge in [-0.15, -0.1) is 0 Å². The molecule has 0 spiro atoms. The zero-order valence-electron chi connectivity index (χ0n) is 9.88. The van der Waals surface area contributed by atoms with Gasteiger partial charge in [0.05, 0.1) is 6.54 Å². The zero-order chi connectivity index (χ0) is 14.2. The van der Waals surface area contributed by atoms with Crippen LogP contribution in [0.3, 0.4) is 0 Å². The molecule has 0 fully saturated rings. The van der Waals surface area contributed by atoms with Gasteiger partial charge in [0.25, 0.3) is 5.56 Å². The van der Waals surface area contributed by atoms with Gasteiger partial charge in [-0.25, -0.2) is 4.68 Å². The van der Waals surface area contributed by atoms with Gasteiger partial charge in [-0.05, 0) is 24.6 Å². The number of aromatic nitrogens is 2. The van der Waals surface area contributed by atoms with Crippen molar-refractivity contribution in [2.45, 2.75) is 19.6 Å². The smallest absolute Gasteiger partial charge is 0.291 e. The van der Waals surface area contributed by atoms with Crippen LogP contribution in [0.15, 0.2) is 29.1 Å². The Morgan fingerprint density at radius 2 is 2.05 bits per heavy atom. The van der Waals surface area contributed by atoms with Gasteiger partial charge >= 0.3 is 6.18 Å². The van der Waals surface area contributed by atoms with Crippen molar-refractivity contribution in [3.8, 4) is 0 Å². The van der Waals surface area contributed by atoms with Gasteiger partial charge in [-0.1, -0.05) is 23.7 Å². The van der Waals surface area contributed by atoms with Crippen LogP contribution in [0.25, 0.3) is 0 Å². The van der Waals surface area contributed by atoms with Crippen molar-refractivity contribution >= 4 is 11.6 Å². The maximum Gasteiger partial charge on any atom is 0.433 e. The first-order valence-corrected chi connectivity index (χ1v) is 5.78. The highest BCUT2D eigenvalue weighted by molar-refractivity contribution is 6.30. The van der Waals surface area contributed by atoms with Gasteiger partial charge < -0.3 is 0 Å². The SMILES string of the molecule is Cc1c(C(F)(F)F)[nH]n(Cc2cccc(Cl)c2)c1=O. The topological polar surface area (TPSA) is 37.8 Å². The minimum atomic E-state index is -4.57. The summed E-state index contributed by atoms with van der Waals surface area (Å²) in [6.45, 7) is 1.16. The molecule has 1 N–H and O–H groups in total. The quantitative estimate of drug-likeness (QED) is 0.906. The summed E-state index contributed by atoms with van der Waals surface area (Å²) in [6.07, 6.45) is -4.57.